The molecule has 132 valence electrons. The highest BCUT2D eigenvalue weighted by Gasteiger charge is 2.14. The van der Waals surface area contributed by atoms with Crippen molar-refractivity contribution in [2.75, 3.05) is 55.3 Å². The van der Waals surface area contributed by atoms with E-state index in [4.69, 9.17) is 0 Å². The van der Waals surface area contributed by atoms with Crippen LogP contribution in [0.4, 0.5) is 17.1 Å². The van der Waals surface area contributed by atoms with Gasteiger partial charge in [-0.1, -0.05) is 18.2 Å². The zero-order valence-corrected chi connectivity index (χ0v) is 15.0. The minimum absolute atomic E-state index is 0.0440. The Morgan fingerprint density at radius 3 is 2.36 bits per heavy atom. The van der Waals surface area contributed by atoms with E-state index in [1.165, 1.54) is 5.69 Å². The molecular formula is C20H26N4O. The van der Waals surface area contributed by atoms with E-state index in [1.807, 2.05) is 43.3 Å². The molecule has 5 heteroatoms. The first-order chi connectivity index (χ1) is 12.1. The smallest absolute Gasteiger partial charge is 0.243 e. The van der Waals surface area contributed by atoms with Gasteiger partial charge in [-0.25, -0.2) is 0 Å². The first-order valence-corrected chi connectivity index (χ1v) is 8.75. The lowest BCUT2D eigenvalue weighted by Crippen LogP contribution is -2.44. The Labute approximate surface area is 149 Å². The van der Waals surface area contributed by atoms with E-state index in [1.54, 1.807) is 0 Å². The van der Waals surface area contributed by atoms with Gasteiger partial charge in [-0.05, 0) is 49.9 Å². The molecule has 0 saturated carbocycles. The van der Waals surface area contributed by atoms with Crippen molar-refractivity contribution in [3.05, 3.63) is 54.1 Å². The van der Waals surface area contributed by atoms with E-state index < -0.39 is 0 Å². The maximum absolute atomic E-state index is 12.1. The fourth-order valence-corrected chi connectivity index (χ4v) is 2.94. The molecule has 1 saturated heterocycles. The van der Waals surface area contributed by atoms with E-state index in [2.05, 4.69) is 39.6 Å². The molecule has 1 heterocycles. The van der Waals surface area contributed by atoms with Gasteiger partial charge in [0.15, 0.2) is 0 Å². The largest absolute Gasteiger partial charge is 0.376 e. The number of piperazine rings is 1. The molecule has 2 aromatic carbocycles. The van der Waals surface area contributed by atoms with E-state index >= 15 is 0 Å². The molecule has 5 nitrogen and oxygen atoms in total. The third kappa shape index (κ3) is 4.73. The van der Waals surface area contributed by atoms with Crippen LogP contribution in [0.15, 0.2) is 48.5 Å². The molecule has 1 fully saturated rings. The number of nitrogens with zero attached hydrogens (tertiary/aromatic N) is 2. The summed E-state index contributed by atoms with van der Waals surface area (Å²) in [5.74, 6) is -0.0440. The summed E-state index contributed by atoms with van der Waals surface area (Å²) >= 11 is 0. The van der Waals surface area contributed by atoms with Gasteiger partial charge in [-0.15, -0.1) is 0 Å². The predicted octanol–water partition coefficient (Wildman–Crippen LogP) is 2.80. The monoisotopic (exact) mass is 338 g/mol. The number of hydrogen-bond acceptors (Lipinski definition) is 4. The van der Waals surface area contributed by atoms with Crippen molar-refractivity contribution < 1.29 is 4.79 Å². The van der Waals surface area contributed by atoms with Crippen LogP contribution in [0.5, 0.6) is 0 Å². The Kier molecular flexibility index (Phi) is 5.56. The van der Waals surface area contributed by atoms with Gasteiger partial charge < -0.3 is 20.4 Å². The Hall–Kier alpha value is -2.53. The average molecular weight is 338 g/mol. The number of likely N-dealkylation sites (N-methyl/N-ethyl adjacent to an activating group) is 1. The summed E-state index contributed by atoms with van der Waals surface area (Å²) in [7, 11) is 2.16. The van der Waals surface area contributed by atoms with Gasteiger partial charge in [0.1, 0.15) is 0 Å². The minimum Gasteiger partial charge on any atom is -0.376 e. The van der Waals surface area contributed by atoms with Crippen molar-refractivity contribution >= 4 is 23.0 Å². The Morgan fingerprint density at radius 1 is 1.00 bits per heavy atom. The normalized spacial score (nSPS) is 15.0. The summed E-state index contributed by atoms with van der Waals surface area (Å²) in [6.45, 7) is 6.55. The number of aryl methyl sites for hydroxylation is 1. The highest BCUT2D eigenvalue weighted by molar-refractivity contribution is 5.94. The van der Waals surface area contributed by atoms with E-state index in [0.717, 1.165) is 43.1 Å². The zero-order valence-electron chi connectivity index (χ0n) is 15.0. The Morgan fingerprint density at radius 2 is 1.68 bits per heavy atom. The third-order valence-electron chi connectivity index (χ3n) is 4.61. The minimum atomic E-state index is -0.0440. The molecule has 0 aromatic heterocycles. The van der Waals surface area contributed by atoms with Crippen LogP contribution < -0.4 is 15.5 Å². The van der Waals surface area contributed by atoms with Crippen LogP contribution in [0.25, 0.3) is 0 Å². The molecule has 2 aromatic rings. The molecule has 2 N–H and O–H groups in total. The summed E-state index contributed by atoms with van der Waals surface area (Å²) in [5, 5.41) is 6.12. The number of hydrogen-bond donors (Lipinski definition) is 2. The molecule has 0 unspecified atom stereocenters. The van der Waals surface area contributed by atoms with Gasteiger partial charge in [-0.2, -0.15) is 0 Å². The Balaban J connectivity index is 1.50. The highest BCUT2D eigenvalue weighted by atomic mass is 16.1. The van der Waals surface area contributed by atoms with Crippen LogP contribution in [-0.4, -0.2) is 50.6 Å². The molecule has 0 atom stereocenters. The second-order valence-corrected chi connectivity index (χ2v) is 6.55. The summed E-state index contributed by atoms with van der Waals surface area (Å²) in [6.07, 6.45) is 0. The molecule has 1 aliphatic rings. The summed E-state index contributed by atoms with van der Waals surface area (Å²) in [4.78, 5) is 16.8. The quantitative estimate of drug-likeness (QED) is 0.880. The topological polar surface area (TPSA) is 47.6 Å². The van der Waals surface area contributed by atoms with Gasteiger partial charge in [-0.3, -0.25) is 4.79 Å². The molecule has 3 rings (SSSR count). The molecule has 0 spiro atoms. The van der Waals surface area contributed by atoms with Crippen molar-refractivity contribution in [1.82, 2.24) is 4.90 Å². The zero-order chi connectivity index (χ0) is 17.6. The maximum Gasteiger partial charge on any atom is 0.243 e. The van der Waals surface area contributed by atoms with E-state index in [0.29, 0.717) is 0 Å². The van der Waals surface area contributed by atoms with Crippen molar-refractivity contribution in [2.24, 2.45) is 0 Å². The van der Waals surface area contributed by atoms with Crippen molar-refractivity contribution in [1.29, 1.82) is 0 Å². The van der Waals surface area contributed by atoms with Crippen molar-refractivity contribution in [2.45, 2.75) is 6.92 Å². The highest BCUT2D eigenvalue weighted by Crippen LogP contribution is 2.19. The fourth-order valence-electron chi connectivity index (χ4n) is 2.94. The van der Waals surface area contributed by atoms with Gasteiger partial charge >= 0.3 is 0 Å². The van der Waals surface area contributed by atoms with Crippen molar-refractivity contribution in [3.8, 4) is 0 Å². The number of benzene rings is 2. The summed E-state index contributed by atoms with van der Waals surface area (Å²) < 4.78 is 0. The van der Waals surface area contributed by atoms with E-state index in [9.17, 15) is 4.79 Å². The molecule has 1 amide bonds. The molecule has 1 aliphatic heterocycles. The number of para-hydroxylation sites is 1. The lowest BCUT2D eigenvalue weighted by Gasteiger charge is -2.34. The third-order valence-corrected chi connectivity index (χ3v) is 4.61. The van der Waals surface area contributed by atoms with Crippen LogP contribution in [-0.2, 0) is 4.79 Å². The number of carbonyl (C=O) groups is 1. The fraction of sp³-hybridized carbons (Fsp3) is 0.350. The lowest BCUT2D eigenvalue weighted by molar-refractivity contribution is -0.114. The first-order valence-electron chi connectivity index (χ1n) is 8.75. The number of rotatable bonds is 5. The van der Waals surface area contributed by atoms with Gasteiger partial charge in [0.25, 0.3) is 0 Å². The molecule has 25 heavy (non-hydrogen) atoms. The van der Waals surface area contributed by atoms with Gasteiger partial charge in [0.05, 0.1) is 6.54 Å². The Bertz CT molecular complexity index is 706. The molecule has 0 radical (unpaired) electrons. The van der Waals surface area contributed by atoms with Crippen LogP contribution in [0, 0.1) is 6.92 Å². The van der Waals surface area contributed by atoms with Crippen LogP contribution >= 0.6 is 0 Å². The van der Waals surface area contributed by atoms with Crippen molar-refractivity contribution in [3.63, 3.8) is 0 Å². The SMILES string of the molecule is Cc1ccccc1NC(=O)CNc1ccc(N2CCN(C)CC2)cc1. The molecular weight excluding hydrogens is 312 g/mol. The van der Waals surface area contributed by atoms with Gasteiger partial charge in [0, 0.05) is 43.2 Å². The predicted molar refractivity (Wildman–Crippen MR) is 104 cm³/mol. The van der Waals surface area contributed by atoms with Crippen LogP contribution in [0.2, 0.25) is 0 Å². The summed E-state index contributed by atoms with van der Waals surface area (Å²) in [6, 6.07) is 16.1. The first kappa shape index (κ1) is 17.3. The van der Waals surface area contributed by atoms with Gasteiger partial charge in [0.2, 0.25) is 5.91 Å². The van der Waals surface area contributed by atoms with E-state index in [-0.39, 0.29) is 12.5 Å². The second kappa shape index (κ2) is 8.03. The van der Waals surface area contributed by atoms with Crippen LogP contribution in [0.1, 0.15) is 5.56 Å². The number of carbonyl (C=O) groups excluding carboxylic acids is 1. The number of amides is 1. The number of nitrogens with one attached hydrogen (secondary N) is 2. The lowest BCUT2D eigenvalue weighted by atomic mass is 10.2. The standard InChI is InChI=1S/C20H26N4O/c1-16-5-3-4-6-19(16)22-20(25)15-21-17-7-9-18(10-8-17)24-13-11-23(2)12-14-24/h3-10,21H,11-15H2,1-2H3,(H,22,25). The maximum atomic E-state index is 12.1. The molecule has 0 aliphatic carbocycles. The summed E-state index contributed by atoms with van der Waals surface area (Å²) in [5.41, 5.74) is 4.12. The number of anilines is 3. The average Bonchev–Trinajstić information content (AvgIpc) is 2.63. The van der Waals surface area contributed by atoms with Crippen LogP contribution in [0.3, 0.4) is 0 Å². The molecule has 0 bridgehead atoms. The second-order valence-electron chi connectivity index (χ2n) is 6.55.